The molecule has 0 unspecified atom stereocenters. The van der Waals surface area contributed by atoms with Crippen LogP contribution in [-0.2, 0) is 22.0 Å². The average molecular weight is 268 g/mol. The lowest BCUT2D eigenvalue weighted by Gasteiger charge is -2.05. The molecule has 0 aromatic carbocycles. The molecular formula is C12H14ClN3O2. The van der Waals surface area contributed by atoms with Crippen molar-refractivity contribution in [3.05, 3.63) is 23.7 Å². The minimum absolute atomic E-state index is 0.260. The number of esters is 1. The summed E-state index contributed by atoms with van der Waals surface area (Å²) in [6.07, 6.45) is 2.05. The van der Waals surface area contributed by atoms with Crippen molar-refractivity contribution in [1.29, 1.82) is 0 Å². The highest BCUT2D eigenvalue weighted by Gasteiger charge is 2.12. The topological polar surface area (TPSA) is 57.0 Å². The van der Waals surface area contributed by atoms with Crippen LogP contribution in [0, 0.1) is 6.92 Å². The second-order valence-electron chi connectivity index (χ2n) is 3.99. The molecule has 0 saturated carbocycles. The van der Waals surface area contributed by atoms with Crippen LogP contribution in [0.1, 0.15) is 17.8 Å². The molecule has 2 rings (SSSR count). The van der Waals surface area contributed by atoms with Crippen LogP contribution in [0.4, 0.5) is 0 Å². The van der Waals surface area contributed by atoms with E-state index in [0.29, 0.717) is 12.4 Å². The van der Waals surface area contributed by atoms with Crippen molar-refractivity contribution in [1.82, 2.24) is 14.5 Å². The van der Waals surface area contributed by atoms with Gasteiger partial charge in [-0.1, -0.05) is 0 Å². The van der Waals surface area contributed by atoms with E-state index in [0.717, 1.165) is 16.7 Å². The maximum absolute atomic E-state index is 11.2. The van der Waals surface area contributed by atoms with E-state index in [4.69, 9.17) is 11.6 Å². The van der Waals surface area contributed by atoms with Crippen LogP contribution >= 0.6 is 11.6 Å². The molecule has 2 aromatic heterocycles. The summed E-state index contributed by atoms with van der Waals surface area (Å²) in [4.78, 5) is 19.9. The zero-order valence-electron chi connectivity index (χ0n) is 10.3. The monoisotopic (exact) mass is 267 g/mol. The summed E-state index contributed by atoms with van der Waals surface area (Å²) in [7, 11) is 1.37. The number of imidazole rings is 1. The minimum atomic E-state index is -0.260. The lowest BCUT2D eigenvalue weighted by atomic mass is 10.3. The fourth-order valence-corrected chi connectivity index (χ4v) is 2.00. The van der Waals surface area contributed by atoms with Gasteiger partial charge in [0.25, 0.3) is 0 Å². The second kappa shape index (κ2) is 5.35. The molecule has 0 bridgehead atoms. The van der Waals surface area contributed by atoms with Crippen molar-refractivity contribution in [2.45, 2.75) is 25.8 Å². The number of halogens is 1. The van der Waals surface area contributed by atoms with E-state index in [1.54, 1.807) is 6.20 Å². The number of pyridine rings is 1. The largest absolute Gasteiger partial charge is 0.469 e. The molecule has 0 aliphatic carbocycles. The number of fused-ring (bicyclic) bond motifs is 1. The van der Waals surface area contributed by atoms with Crippen LogP contribution in [-0.4, -0.2) is 27.6 Å². The van der Waals surface area contributed by atoms with Gasteiger partial charge in [-0.25, -0.2) is 9.97 Å². The number of carbonyl (C=O) groups is 1. The first-order valence-electron chi connectivity index (χ1n) is 5.60. The molecule has 6 heteroatoms. The summed E-state index contributed by atoms with van der Waals surface area (Å²) in [5, 5.41) is 0. The summed E-state index contributed by atoms with van der Waals surface area (Å²) in [5.41, 5.74) is 2.59. The normalized spacial score (nSPS) is 10.8. The van der Waals surface area contributed by atoms with Crippen LogP contribution < -0.4 is 0 Å². The number of hydrogen-bond acceptors (Lipinski definition) is 4. The molecule has 0 aliphatic heterocycles. The zero-order valence-corrected chi connectivity index (χ0v) is 11.1. The fraction of sp³-hybridized carbons (Fsp3) is 0.417. The van der Waals surface area contributed by atoms with Gasteiger partial charge >= 0.3 is 5.97 Å². The number of ether oxygens (including phenoxy) is 1. The predicted molar refractivity (Wildman–Crippen MR) is 68.5 cm³/mol. The van der Waals surface area contributed by atoms with E-state index in [2.05, 4.69) is 14.7 Å². The molecule has 96 valence electrons. The quantitative estimate of drug-likeness (QED) is 0.628. The van der Waals surface area contributed by atoms with Gasteiger partial charge in [0.15, 0.2) is 5.65 Å². The molecule has 2 heterocycles. The molecule has 0 spiro atoms. The van der Waals surface area contributed by atoms with Crippen molar-refractivity contribution < 1.29 is 9.53 Å². The Morgan fingerprint density at radius 1 is 1.56 bits per heavy atom. The Labute approximate surface area is 110 Å². The molecule has 0 radical (unpaired) electrons. The summed E-state index contributed by atoms with van der Waals surface area (Å²) < 4.78 is 6.49. The smallest absolute Gasteiger partial charge is 0.307 e. The number of hydrogen-bond donors (Lipinski definition) is 0. The summed E-state index contributed by atoms with van der Waals surface area (Å²) in [6, 6.07) is 1.95. The Bertz CT molecular complexity index is 580. The van der Waals surface area contributed by atoms with Crippen molar-refractivity contribution in [2.24, 2.45) is 0 Å². The SMILES string of the molecule is COC(=O)CCn1c(CCl)nc2cc(C)cnc21. The summed E-state index contributed by atoms with van der Waals surface area (Å²) >= 11 is 5.87. The van der Waals surface area contributed by atoms with Gasteiger partial charge in [-0.15, -0.1) is 11.6 Å². The van der Waals surface area contributed by atoms with Crippen molar-refractivity contribution in [3.63, 3.8) is 0 Å². The number of carbonyl (C=O) groups excluding carboxylic acids is 1. The Hall–Kier alpha value is -1.62. The molecule has 0 atom stereocenters. The first kappa shape index (κ1) is 12.8. The van der Waals surface area contributed by atoms with Gasteiger partial charge in [0.05, 0.1) is 19.4 Å². The molecule has 2 aromatic rings. The Morgan fingerprint density at radius 2 is 2.33 bits per heavy atom. The van der Waals surface area contributed by atoms with E-state index in [9.17, 15) is 4.79 Å². The van der Waals surface area contributed by atoms with Gasteiger partial charge in [0.1, 0.15) is 11.3 Å². The van der Waals surface area contributed by atoms with E-state index in [-0.39, 0.29) is 18.3 Å². The summed E-state index contributed by atoms with van der Waals surface area (Å²) in [6.45, 7) is 2.43. The molecular weight excluding hydrogens is 254 g/mol. The third-order valence-corrected chi connectivity index (χ3v) is 2.93. The van der Waals surface area contributed by atoms with Crippen molar-refractivity contribution >= 4 is 28.7 Å². The van der Waals surface area contributed by atoms with Gasteiger partial charge < -0.3 is 9.30 Å². The summed E-state index contributed by atoms with van der Waals surface area (Å²) in [5.74, 6) is 0.745. The van der Waals surface area contributed by atoms with Gasteiger partial charge in [-0.05, 0) is 18.6 Å². The van der Waals surface area contributed by atoms with E-state index in [1.807, 2.05) is 17.6 Å². The average Bonchev–Trinajstić information content (AvgIpc) is 2.72. The molecule has 18 heavy (non-hydrogen) atoms. The van der Waals surface area contributed by atoms with E-state index < -0.39 is 0 Å². The minimum Gasteiger partial charge on any atom is -0.469 e. The van der Waals surface area contributed by atoms with Crippen LogP contribution in [0.3, 0.4) is 0 Å². The molecule has 5 nitrogen and oxygen atoms in total. The lowest BCUT2D eigenvalue weighted by Crippen LogP contribution is -2.09. The van der Waals surface area contributed by atoms with E-state index >= 15 is 0 Å². The number of methoxy groups -OCH3 is 1. The van der Waals surface area contributed by atoms with Crippen molar-refractivity contribution in [2.75, 3.05) is 7.11 Å². The number of alkyl halides is 1. The highest BCUT2D eigenvalue weighted by atomic mass is 35.5. The number of aryl methyl sites for hydroxylation is 2. The van der Waals surface area contributed by atoms with Crippen LogP contribution in [0.25, 0.3) is 11.2 Å². The van der Waals surface area contributed by atoms with E-state index in [1.165, 1.54) is 7.11 Å². The van der Waals surface area contributed by atoms with Crippen LogP contribution in [0.15, 0.2) is 12.3 Å². The highest BCUT2D eigenvalue weighted by molar-refractivity contribution is 6.16. The molecule has 0 amide bonds. The molecule has 0 aliphatic rings. The van der Waals surface area contributed by atoms with Gasteiger partial charge in [-0.2, -0.15) is 0 Å². The fourth-order valence-electron chi connectivity index (χ4n) is 1.80. The van der Waals surface area contributed by atoms with Crippen LogP contribution in [0.5, 0.6) is 0 Å². The van der Waals surface area contributed by atoms with Gasteiger partial charge in [-0.3, -0.25) is 4.79 Å². The first-order chi connectivity index (χ1) is 8.65. The van der Waals surface area contributed by atoms with Crippen molar-refractivity contribution in [3.8, 4) is 0 Å². The Kier molecular flexibility index (Phi) is 3.81. The maximum Gasteiger partial charge on any atom is 0.307 e. The lowest BCUT2D eigenvalue weighted by molar-refractivity contribution is -0.140. The van der Waals surface area contributed by atoms with Crippen LogP contribution in [0.2, 0.25) is 0 Å². The Morgan fingerprint density at radius 3 is 3.00 bits per heavy atom. The molecule has 0 fully saturated rings. The number of rotatable bonds is 4. The number of nitrogens with zero attached hydrogens (tertiary/aromatic N) is 3. The maximum atomic E-state index is 11.2. The zero-order chi connectivity index (χ0) is 13.1. The third kappa shape index (κ3) is 2.46. The Balaban J connectivity index is 2.37. The highest BCUT2D eigenvalue weighted by Crippen LogP contribution is 2.17. The second-order valence-corrected chi connectivity index (χ2v) is 4.26. The standard InChI is InChI=1S/C12H14ClN3O2/c1-8-5-9-12(14-7-8)16(10(6-13)15-9)4-3-11(17)18-2/h5,7H,3-4,6H2,1-2H3. The molecule has 0 saturated heterocycles. The third-order valence-electron chi connectivity index (χ3n) is 2.69. The number of aromatic nitrogens is 3. The first-order valence-corrected chi connectivity index (χ1v) is 6.13. The predicted octanol–water partition coefficient (Wildman–Crippen LogP) is 2.04. The molecule has 0 N–H and O–H groups in total. The van der Waals surface area contributed by atoms with Gasteiger partial charge in [0, 0.05) is 12.7 Å². The van der Waals surface area contributed by atoms with Gasteiger partial charge in [0.2, 0.25) is 0 Å².